The van der Waals surface area contributed by atoms with E-state index in [0.717, 1.165) is 74.5 Å². The molecule has 0 amide bonds. The van der Waals surface area contributed by atoms with Gasteiger partial charge in [-0.2, -0.15) is 0 Å². The summed E-state index contributed by atoms with van der Waals surface area (Å²) in [6, 6.07) is 0. The normalized spacial score (nSPS) is 39.9. The SMILES string of the molecule is C=C1C[C@H](C)C[C@@H]2CC[C@@H](C/C=C\C(=O)O[C@H]([C@@H](O)/C=C/[C@@H]3CC(C)=CC(C[C@H]4CC(=C)C[C@H](O)[C@H](O)CC[C@@H]([C@@H](O)/C=C/[C@@H]5CC(C)=CCO5)OC(=O)/C=C\C[C@@H]5CCCC[C@@H](C4)O5)O3)C[C@@H]3O[C@H]3[C@@H](O)C1)O2. The zero-order chi connectivity index (χ0) is 52.7. The van der Waals surface area contributed by atoms with E-state index in [4.69, 9.17) is 33.2 Å². The summed E-state index contributed by atoms with van der Waals surface area (Å²) in [4.78, 5) is 26.4. The van der Waals surface area contributed by atoms with Crippen molar-refractivity contribution in [1.82, 2.24) is 0 Å². The van der Waals surface area contributed by atoms with Crippen molar-refractivity contribution in [2.45, 2.75) is 247 Å². The van der Waals surface area contributed by atoms with Crippen LogP contribution in [0.25, 0.3) is 0 Å². The lowest BCUT2D eigenvalue weighted by atomic mass is 9.85. The minimum atomic E-state index is -1.17. The van der Waals surface area contributed by atoms with Crippen LogP contribution in [-0.4, -0.2) is 142 Å². The number of rotatable bonds is 8. The number of aliphatic hydroxyl groups excluding tert-OH is 5. The number of epoxide rings is 1. The van der Waals surface area contributed by atoms with Crippen molar-refractivity contribution < 1.29 is 68.3 Å². The Morgan fingerprint density at radius 3 is 1.97 bits per heavy atom. The van der Waals surface area contributed by atoms with Crippen LogP contribution in [0, 0.1) is 11.8 Å². The average molecular weight is 1030 g/mol. The van der Waals surface area contributed by atoms with E-state index < -0.39 is 66.9 Å². The van der Waals surface area contributed by atoms with Gasteiger partial charge in [-0.15, -0.1) is 0 Å². The Labute approximate surface area is 440 Å². The van der Waals surface area contributed by atoms with E-state index in [-0.39, 0.29) is 74.3 Å². The van der Waals surface area contributed by atoms with Gasteiger partial charge in [0.15, 0.2) is 0 Å². The van der Waals surface area contributed by atoms with Crippen molar-refractivity contribution >= 4 is 11.9 Å². The van der Waals surface area contributed by atoms with E-state index in [1.54, 1.807) is 30.4 Å². The molecule has 0 aromatic carbocycles. The highest BCUT2D eigenvalue weighted by Crippen LogP contribution is 2.37. The fourth-order valence-corrected chi connectivity index (χ4v) is 11.9. The maximum atomic E-state index is 13.2. The van der Waals surface area contributed by atoms with Gasteiger partial charge in [-0.3, -0.25) is 0 Å². The summed E-state index contributed by atoms with van der Waals surface area (Å²) in [6.45, 7) is 15.4. The molecule has 0 spiro atoms. The van der Waals surface area contributed by atoms with Gasteiger partial charge in [0, 0.05) is 18.6 Å². The average Bonchev–Trinajstić information content (AvgIpc) is 4.04. The van der Waals surface area contributed by atoms with Crippen molar-refractivity contribution in [3.05, 3.63) is 96.2 Å². The van der Waals surface area contributed by atoms with Gasteiger partial charge in [-0.05, 0) is 135 Å². The van der Waals surface area contributed by atoms with Crippen LogP contribution in [0.5, 0.6) is 0 Å². The molecule has 3 saturated heterocycles. The number of carbonyl (C=O) groups excluding carboxylic acids is 2. The second-order valence-corrected chi connectivity index (χ2v) is 22.8. The Kier molecular flexibility index (Phi) is 22.6. The number of carbonyl (C=O) groups is 2. The number of esters is 2. The minimum absolute atomic E-state index is 0.0332. The maximum absolute atomic E-state index is 13.2. The number of aliphatic hydroxyl groups is 5. The molecule has 3 fully saturated rings. The molecule has 0 radical (unpaired) electrons. The van der Waals surface area contributed by atoms with Crippen LogP contribution in [0.15, 0.2) is 96.2 Å². The van der Waals surface area contributed by atoms with Gasteiger partial charge in [0.25, 0.3) is 0 Å². The van der Waals surface area contributed by atoms with Gasteiger partial charge < -0.3 is 58.7 Å². The second kappa shape index (κ2) is 28.7. The Morgan fingerprint density at radius 1 is 0.635 bits per heavy atom. The molecule has 74 heavy (non-hydrogen) atoms. The molecular formula is C60H88O14. The molecule has 5 N–H and O–H groups in total. The van der Waals surface area contributed by atoms with Crippen LogP contribution in [-0.2, 0) is 42.7 Å². The first-order valence-corrected chi connectivity index (χ1v) is 27.9. The molecule has 7 heterocycles. The second-order valence-electron chi connectivity index (χ2n) is 22.8. The smallest absolute Gasteiger partial charge is 0.330 e. The molecule has 0 aromatic rings. The standard InChI is InChI=1S/C60H88O14/c1-37-24-25-68-45(28-37)18-20-51(62)55-23-22-50(61)53(64)32-40(4)27-42(34-46-11-7-6-10-43(69-46)12-8-14-58(66)72-55)35-49-31-41(5)30-48(71-49)19-21-52(63)56-36-57-60(74-57)54(65)33-39(3)26-38(2)29-47-17-16-44(70-47)13-9-15-59(67)73-56/h8-9,14-15,18-21,24,31,38,42-57,60-65H,3-4,6-7,10-13,16-17,22-23,25-30,32-36H2,1-2,5H3/b14-8-,15-9-,20-18+,21-19+/t38-,42-,43-,44+,45+,46-,47-,48+,49?,50+,51-,52-,53-,54-,55-,56-,57-,60-/m0/s1. The number of hydrogen-bond donors (Lipinski definition) is 5. The molecule has 412 valence electrons. The predicted octanol–water partition coefficient (Wildman–Crippen LogP) is 8.39. The minimum Gasteiger partial charge on any atom is -0.456 e. The van der Waals surface area contributed by atoms with E-state index in [2.05, 4.69) is 33.1 Å². The zero-order valence-corrected chi connectivity index (χ0v) is 44.3. The fourth-order valence-electron chi connectivity index (χ4n) is 11.9. The van der Waals surface area contributed by atoms with Crippen molar-refractivity contribution in [3.8, 4) is 0 Å². The van der Waals surface area contributed by atoms with Gasteiger partial charge in [-0.25, -0.2) is 9.59 Å². The van der Waals surface area contributed by atoms with Gasteiger partial charge in [-0.1, -0.05) is 104 Å². The number of hydrogen-bond acceptors (Lipinski definition) is 14. The summed E-state index contributed by atoms with van der Waals surface area (Å²) in [5, 5.41) is 56.5. The van der Waals surface area contributed by atoms with Crippen LogP contribution in [0.4, 0.5) is 0 Å². The Hall–Kier alpha value is -3.54. The summed E-state index contributed by atoms with van der Waals surface area (Å²) in [5.41, 5.74) is 4.08. The summed E-state index contributed by atoms with van der Waals surface area (Å²) in [7, 11) is 0. The first-order chi connectivity index (χ1) is 35.5. The summed E-state index contributed by atoms with van der Waals surface area (Å²) >= 11 is 0. The Morgan fingerprint density at radius 2 is 1.24 bits per heavy atom. The fraction of sp³-hybridized carbons (Fsp3) is 0.700. The third-order valence-corrected chi connectivity index (χ3v) is 15.8. The summed E-state index contributed by atoms with van der Waals surface area (Å²) in [5.74, 6) is -0.753. The van der Waals surface area contributed by atoms with Gasteiger partial charge >= 0.3 is 11.9 Å². The van der Waals surface area contributed by atoms with E-state index in [9.17, 15) is 35.1 Å². The largest absolute Gasteiger partial charge is 0.456 e. The third kappa shape index (κ3) is 19.2. The van der Waals surface area contributed by atoms with Crippen LogP contribution in [0.1, 0.15) is 149 Å². The van der Waals surface area contributed by atoms with Gasteiger partial charge in [0.1, 0.15) is 30.5 Å². The highest BCUT2D eigenvalue weighted by Gasteiger charge is 2.47. The van der Waals surface area contributed by atoms with Crippen molar-refractivity contribution in [3.63, 3.8) is 0 Å². The van der Waals surface area contributed by atoms with Gasteiger partial charge in [0.05, 0.1) is 73.8 Å². The Bertz CT molecular complexity index is 2040. The number of ether oxygens (including phenoxy) is 7. The predicted molar refractivity (Wildman–Crippen MR) is 282 cm³/mol. The third-order valence-electron chi connectivity index (χ3n) is 15.8. The lowest BCUT2D eigenvalue weighted by molar-refractivity contribution is -0.149. The topological polar surface area (TPSA) is 203 Å². The number of fused-ring (bicyclic) bond motifs is 5. The lowest BCUT2D eigenvalue weighted by Crippen LogP contribution is -2.34. The van der Waals surface area contributed by atoms with E-state index >= 15 is 0 Å². The van der Waals surface area contributed by atoms with E-state index in [1.807, 2.05) is 19.1 Å². The summed E-state index contributed by atoms with van der Waals surface area (Å²) < 4.78 is 43.2. The first kappa shape index (κ1) is 58.1. The van der Waals surface area contributed by atoms with Crippen LogP contribution in [0.3, 0.4) is 0 Å². The molecule has 0 aromatic heterocycles. The molecule has 0 aliphatic carbocycles. The van der Waals surface area contributed by atoms with Crippen molar-refractivity contribution in [1.29, 1.82) is 0 Å². The molecule has 14 nitrogen and oxygen atoms in total. The summed E-state index contributed by atoms with van der Waals surface area (Å²) in [6.07, 6.45) is 21.1. The van der Waals surface area contributed by atoms with E-state index in [1.165, 1.54) is 17.7 Å². The van der Waals surface area contributed by atoms with E-state index in [0.29, 0.717) is 57.5 Å². The van der Waals surface area contributed by atoms with Gasteiger partial charge in [0.2, 0.25) is 0 Å². The molecule has 1 unspecified atom stereocenters. The Balaban J connectivity index is 0.998. The highest BCUT2D eigenvalue weighted by molar-refractivity contribution is 5.82. The lowest BCUT2D eigenvalue weighted by Gasteiger charge is -2.32. The highest BCUT2D eigenvalue weighted by atomic mass is 16.6. The number of cyclic esters (lactones) is 2. The quantitative estimate of drug-likeness (QED) is 0.0881. The molecule has 4 bridgehead atoms. The maximum Gasteiger partial charge on any atom is 0.330 e. The van der Waals surface area contributed by atoms with Crippen molar-refractivity contribution in [2.75, 3.05) is 6.61 Å². The van der Waals surface area contributed by atoms with Crippen LogP contribution >= 0.6 is 0 Å². The van der Waals surface area contributed by atoms with Crippen molar-refractivity contribution in [2.24, 2.45) is 11.8 Å². The molecule has 14 heteroatoms. The molecule has 7 aliphatic rings. The first-order valence-electron chi connectivity index (χ1n) is 27.9. The molecular weight excluding hydrogens is 945 g/mol. The molecule has 7 aliphatic heterocycles. The molecule has 7 rings (SSSR count). The monoisotopic (exact) mass is 1030 g/mol. The molecule has 18 atom stereocenters. The zero-order valence-electron chi connectivity index (χ0n) is 44.3. The molecule has 0 saturated carbocycles. The van der Waals surface area contributed by atoms with Crippen LogP contribution in [0.2, 0.25) is 0 Å². The van der Waals surface area contributed by atoms with Crippen LogP contribution < -0.4 is 0 Å².